The van der Waals surface area contributed by atoms with Gasteiger partial charge in [0, 0.05) is 18.3 Å². The number of nitrogens with one attached hydrogen (secondary N) is 1. The van der Waals surface area contributed by atoms with Crippen LogP contribution in [0, 0.1) is 10.1 Å². The van der Waals surface area contributed by atoms with Crippen LogP contribution in [0.3, 0.4) is 0 Å². The van der Waals surface area contributed by atoms with Gasteiger partial charge in [-0.2, -0.15) is 5.10 Å². The zero-order valence-electron chi connectivity index (χ0n) is 14.5. The maximum atomic E-state index is 12.5. The van der Waals surface area contributed by atoms with Gasteiger partial charge in [-0.25, -0.2) is 4.68 Å². The fourth-order valence-electron chi connectivity index (χ4n) is 2.63. The molecule has 1 aromatic carbocycles. The highest BCUT2D eigenvalue weighted by molar-refractivity contribution is 5.93. The lowest BCUT2D eigenvalue weighted by molar-refractivity contribution is -0.384. The smallest absolute Gasteiger partial charge is 0.305 e. The summed E-state index contributed by atoms with van der Waals surface area (Å²) in [4.78, 5) is 33.8. The number of hydrogen-bond acceptors (Lipinski definition) is 5. The Labute approximate surface area is 149 Å². The Kier molecular flexibility index (Phi) is 5.71. The van der Waals surface area contributed by atoms with Crippen molar-refractivity contribution in [3.63, 3.8) is 0 Å². The molecule has 9 heteroatoms. The van der Waals surface area contributed by atoms with E-state index in [4.69, 9.17) is 5.11 Å². The number of nitro groups is 1. The van der Waals surface area contributed by atoms with Gasteiger partial charge in [-0.05, 0) is 31.0 Å². The summed E-state index contributed by atoms with van der Waals surface area (Å²) < 4.78 is 1.43. The van der Waals surface area contributed by atoms with Gasteiger partial charge in [0.05, 0.1) is 22.6 Å². The molecule has 0 aliphatic carbocycles. The standard InChI is InChI=1S/C17H20N4O5/c1-3-17(4-2,11-15(22)23)18-16(24)14-9-10-20(19-14)12-5-7-13(8-6-12)21(25)26/h5-10H,3-4,11H2,1-2H3,(H,18,24)(H,22,23). The Morgan fingerprint density at radius 1 is 1.23 bits per heavy atom. The van der Waals surface area contributed by atoms with Crippen molar-refractivity contribution in [2.24, 2.45) is 0 Å². The quantitative estimate of drug-likeness (QED) is 0.550. The van der Waals surface area contributed by atoms with E-state index in [1.807, 2.05) is 13.8 Å². The number of nitro benzene ring substituents is 1. The van der Waals surface area contributed by atoms with Crippen LogP contribution in [0.1, 0.15) is 43.6 Å². The fraction of sp³-hybridized carbons (Fsp3) is 0.353. The maximum absolute atomic E-state index is 12.5. The van der Waals surface area contributed by atoms with Gasteiger partial charge in [-0.3, -0.25) is 19.7 Å². The van der Waals surface area contributed by atoms with Crippen LogP contribution in [-0.4, -0.2) is 37.2 Å². The molecule has 0 saturated carbocycles. The average Bonchev–Trinajstić information content (AvgIpc) is 3.11. The second-order valence-electron chi connectivity index (χ2n) is 5.93. The molecule has 0 fully saturated rings. The summed E-state index contributed by atoms with van der Waals surface area (Å²) in [5.41, 5.74) is -0.166. The normalized spacial score (nSPS) is 11.2. The molecule has 0 aliphatic rings. The molecular formula is C17H20N4O5. The van der Waals surface area contributed by atoms with Gasteiger partial charge in [-0.1, -0.05) is 13.8 Å². The van der Waals surface area contributed by atoms with Gasteiger partial charge < -0.3 is 10.4 Å². The van der Waals surface area contributed by atoms with E-state index in [-0.39, 0.29) is 17.8 Å². The molecule has 1 heterocycles. The number of nitrogens with zero attached hydrogens (tertiary/aromatic N) is 3. The number of amides is 1. The molecule has 26 heavy (non-hydrogen) atoms. The van der Waals surface area contributed by atoms with Crippen LogP contribution >= 0.6 is 0 Å². The van der Waals surface area contributed by atoms with Crippen LogP contribution in [0.2, 0.25) is 0 Å². The number of rotatable bonds is 8. The number of carboxylic acids is 1. The minimum atomic E-state index is -0.981. The molecule has 0 atom stereocenters. The van der Waals surface area contributed by atoms with Crippen LogP contribution in [0.15, 0.2) is 36.5 Å². The van der Waals surface area contributed by atoms with Crippen molar-refractivity contribution in [2.45, 2.75) is 38.6 Å². The Balaban J connectivity index is 2.18. The third kappa shape index (κ3) is 4.24. The maximum Gasteiger partial charge on any atom is 0.305 e. The number of non-ortho nitro benzene ring substituents is 1. The van der Waals surface area contributed by atoms with Crippen molar-refractivity contribution >= 4 is 17.6 Å². The van der Waals surface area contributed by atoms with Crippen molar-refractivity contribution in [3.8, 4) is 5.69 Å². The van der Waals surface area contributed by atoms with Gasteiger partial charge in [0.1, 0.15) is 0 Å². The molecule has 138 valence electrons. The first kappa shape index (κ1) is 19.1. The predicted octanol–water partition coefficient (Wildman–Crippen LogP) is 2.54. The summed E-state index contributed by atoms with van der Waals surface area (Å²) in [5, 5.41) is 26.7. The molecule has 0 bridgehead atoms. The van der Waals surface area contributed by atoms with E-state index in [0.29, 0.717) is 18.5 Å². The van der Waals surface area contributed by atoms with Crippen LogP contribution in [-0.2, 0) is 4.79 Å². The molecule has 1 amide bonds. The minimum Gasteiger partial charge on any atom is -0.481 e. The van der Waals surface area contributed by atoms with E-state index >= 15 is 0 Å². The van der Waals surface area contributed by atoms with Crippen molar-refractivity contribution in [1.82, 2.24) is 15.1 Å². The summed E-state index contributed by atoms with van der Waals surface area (Å²) >= 11 is 0. The Hall–Kier alpha value is -3.23. The molecule has 1 aromatic heterocycles. The number of carbonyl (C=O) groups excluding carboxylic acids is 1. The average molecular weight is 360 g/mol. The summed E-state index contributed by atoms with van der Waals surface area (Å²) in [6.45, 7) is 3.64. The van der Waals surface area contributed by atoms with E-state index in [1.165, 1.54) is 35.0 Å². The van der Waals surface area contributed by atoms with Gasteiger partial charge in [0.2, 0.25) is 0 Å². The highest BCUT2D eigenvalue weighted by Crippen LogP contribution is 2.21. The lowest BCUT2D eigenvalue weighted by Crippen LogP contribution is -2.49. The van der Waals surface area contributed by atoms with Crippen LogP contribution in [0.4, 0.5) is 5.69 Å². The van der Waals surface area contributed by atoms with E-state index in [1.54, 1.807) is 6.20 Å². The molecule has 9 nitrogen and oxygen atoms in total. The second kappa shape index (κ2) is 7.77. The predicted molar refractivity (Wildman–Crippen MR) is 93.3 cm³/mol. The van der Waals surface area contributed by atoms with Crippen molar-refractivity contribution in [1.29, 1.82) is 0 Å². The summed E-state index contributed by atoms with van der Waals surface area (Å²) in [6, 6.07) is 7.26. The van der Waals surface area contributed by atoms with Gasteiger partial charge in [0.15, 0.2) is 5.69 Å². The summed E-state index contributed by atoms with van der Waals surface area (Å²) in [7, 11) is 0. The molecule has 0 unspecified atom stereocenters. The lowest BCUT2D eigenvalue weighted by Gasteiger charge is -2.31. The zero-order chi connectivity index (χ0) is 19.3. The van der Waals surface area contributed by atoms with Gasteiger partial charge in [0.25, 0.3) is 11.6 Å². The second-order valence-corrected chi connectivity index (χ2v) is 5.93. The number of benzene rings is 1. The van der Waals surface area contributed by atoms with Crippen molar-refractivity contribution in [2.75, 3.05) is 0 Å². The van der Waals surface area contributed by atoms with Crippen molar-refractivity contribution < 1.29 is 19.6 Å². The molecule has 2 N–H and O–H groups in total. The molecular weight excluding hydrogens is 340 g/mol. The molecule has 2 rings (SSSR count). The summed E-state index contributed by atoms with van der Waals surface area (Å²) in [5.74, 6) is -1.44. The third-order valence-electron chi connectivity index (χ3n) is 4.37. The van der Waals surface area contributed by atoms with E-state index in [2.05, 4.69) is 10.4 Å². The van der Waals surface area contributed by atoms with E-state index < -0.39 is 22.3 Å². The van der Waals surface area contributed by atoms with E-state index in [9.17, 15) is 19.7 Å². The van der Waals surface area contributed by atoms with Crippen LogP contribution in [0.5, 0.6) is 0 Å². The number of aliphatic carboxylic acids is 1. The monoisotopic (exact) mass is 360 g/mol. The molecule has 0 radical (unpaired) electrons. The minimum absolute atomic E-state index is 0.0387. The van der Waals surface area contributed by atoms with Gasteiger partial charge >= 0.3 is 5.97 Å². The highest BCUT2D eigenvalue weighted by atomic mass is 16.6. The number of carbonyl (C=O) groups is 2. The Morgan fingerprint density at radius 3 is 2.35 bits per heavy atom. The first-order chi connectivity index (χ1) is 12.3. The largest absolute Gasteiger partial charge is 0.481 e. The highest BCUT2D eigenvalue weighted by Gasteiger charge is 2.31. The first-order valence-corrected chi connectivity index (χ1v) is 8.15. The number of carboxylic acid groups (broad SMARTS) is 1. The lowest BCUT2D eigenvalue weighted by atomic mass is 9.89. The topological polar surface area (TPSA) is 127 Å². The van der Waals surface area contributed by atoms with Crippen LogP contribution < -0.4 is 5.32 Å². The van der Waals surface area contributed by atoms with E-state index in [0.717, 1.165) is 0 Å². The zero-order valence-corrected chi connectivity index (χ0v) is 14.5. The molecule has 0 aliphatic heterocycles. The SMILES string of the molecule is CCC(CC)(CC(=O)O)NC(=O)c1ccn(-c2ccc([N+](=O)[O-])cc2)n1. The molecule has 0 spiro atoms. The molecule has 2 aromatic rings. The molecule has 0 saturated heterocycles. The Bertz CT molecular complexity index is 809. The number of aromatic nitrogens is 2. The number of hydrogen-bond donors (Lipinski definition) is 2. The van der Waals surface area contributed by atoms with Gasteiger partial charge in [-0.15, -0.1) is 0 Å². The summed E-state index contributed by atoms with van der Waals surface area (Å²) in [6.07, 6.45) is 2.34. The Morgan fingerprint density at radius 2 is 1.85 bits per heavy atom. The van der Waals surface area contributed by atoms with Crippen molar-refractivity contribution in [3.05, 3.63) is 52.3 Å². The van der Waals surface area contributed by atoms with Crippen LogP contribution in [0.25, 0.3) is 5.69 Å². The third-order valence-corrected chi connectivity index (χ3v) is 4.37. The fourth-order valence-corrected chi connectivity index (χ4v) is 2.63. The first-order valence-electron chi connectivity index (χ1n) is 8.15.